The van der Waals surface area contributed by atoms with Crippen LogP contribution in [-0.4, -0.2) is 88.8 Å². The first-order valence-corrected chi connectivity index (χ1v) is 16.6. The molecule has 13 atom stereocenters. The number of cyclic esters (lactones) is 1. The Hall–Kier alpha value is -3.79. The highest BCUT2D eigenvalue weighted by Crippen LogP contribution is 2.87. The van der Waals surface area contributed by atoms with Gasteiger partial charge in [0.05, 0.1) is 31.2 Å². The van der Waals surface area contributed by atoms with Gasteiger partial charge in [-0.05, 0) is 30.9 Å². The van der Waals surface area contributed by atoms with Crippen LogP contribution in [0.5, 0.6) is 0 Å². The number of aliphatic hydroxyl groups is 1. The van der Waals surface area contributed by atoms with Gasteiger partial charge >= 0.3 is 29.8 Å². The second-order valence-corrected chi connectivity index (χ2v) is 15.6. The normalized spacial score (nSPS) is 50.1. The van der Waals surface area contributed by atoms with Gasteiger partial charge in [0, 0.05) is 63.0 Å². The molecule has 1 spiro atoms. The molecule has 0 radical (unpaired) electrons. The van der Waals surface area contributed by atoms with Crippen LogP contribution in [0.1, 0.15) is 79.4 Å². The lowest BCUT2D eigenvalue weighted by molar-refractivity contribution is -0.426. The monoisotopic (exact) mass is 700 g/mol. The summed E-state index contributed by atoms with van der Waals surface area (Å²) in [5, 5.41) is 13.6. The summed E-state index contributed by atoms with van der Waals surface area (Å²) in [6, 6.07) is 1.65. The molecule has 15 heteroatoms. The van der Waals surface area contributed by atoms with Crippen molar-refractivity contribution in [2.24, 2.45) is 22.2 Å². The second-order valence-electron chi connectivity index (χ2n) is 15.6. The van der Waals surface area contributed by atoms with E-state index in [2.05, 4.69) is 0 Å². The Kier molecular flexibility index (Phi) is 6.37. The molecule has 15 nitrogen and oxygen atoms in total. The summed E-state index contributed by atoms with van der Waals surface area (Å²) in [6.07, 6.45) is -1.53. The number of fused-ring (bicyclic) bond motifs is 5. The lowest BCUT2D eigenvalue weighted by atomic mass is 9.34. The molecule has 1 unspecified atom stereocenters. The quantitative estimate of drug-likeness (QED) is 0.336. The molecule has 3 aliphatic heterocycles. The first kappa shape index (κ1) is 33.4. The van der Waals surface area contributed by atoms with E-state index < -0.39 is 105 Å². The van der Waals surface area contributed by atoms with Crippen LogP contribution in [-0.2, 0) is 61.9 Å². The van der Waals surface area contributed by atoms with E-state index in [1.54, 1.807) is 19.9 Å². The Bertz CT molecular complexity index is 1790. The number of esters is 5. The molecule has 50 heavy (non-hydrogen) atoms. The van der Waals surface area contributed by atoms with Crippen LogP contribution in [0.2, 0.25) is 0 Å². The molecule has 5 bridgehead atoms. The van der Waals surface area contributed by atoms with Crippen LogP contribution in [0.15, 0.2) is 34.7 Å². The van der Waals surface area contributed by atoms with E-state index in [-0.39, 0.29) is 24.8 Å². The molecular formula is C35H40O15. The fourth-order valence-corrected chi connectivity index (χ4v) is 12.1. The van der Waals surface area contributed by atoms with E-state index in [1.807, 2.05) is 6.92 Å². The summed E-state index contributed by atoms with van der Waals surface area (Å²) in [6.45, 7) is 10.2. The first-order chi connectivity index (χ1) is 23.3. The van der Waals surface area contributed by atoms with E-state index in [4.69, 9.17) is 42.3 Å². The van der Waals surface area contributed by atoms with E-state index in [1.165, 1.54) is 32.6 Å². The molecule has 7 aliphatic rings. The van der Waals surface area contributed by atoms with Gasteiger partial charge < -0.3 is 47.4 Å². The highest BCUT2D eigenvalue weighted by atomic mass is 16.9. The topological polar surface area (TPSA) is 193 Å². The van der Waals surface area contributed by atoms with E-state index >= 15 is 0 Å². The fraction of sp³-hybridized carbons (Fsp3) is 0.686. The number of furan rings is 1. The van der Waals surface area contributed by atoms with Crippen molar-refractivity contribution in [1.82, 2.24) is 0 Å². The fourth-order valence-electron chi connectivity index (χ4n) is 12.1. The van der Waals surface area contributed by atoms with Gasteiger partial charge in [-0.2, -0.15) is 0 Å². The maximum atomic E-state index is 13.7. The smallest absolute Gasteiger partial charge is 0.331 e. The molecule has 2 saturated heterocycles. The molecule has 4 aliphatic carbocycles. The lowest BCUT2D eigenvalue weighted by Crippen LogP contribution is -2.93. The van der Waals surface area contributed by atoms with Crippen molar-refractivity contribution >= 4 is 29.8 Å². The zero-order valence-corrected chi connectivity index (χ0v) is 29.0. The Morgan fingerprint density at radius 1 is 0.980 bits per heavy atom. The molecule has 1 N–H and O–H groups in total. The number of carbonyl (C=O) groups is 5. The predicted octanol–water partition coefficient (Wildman–Crippen LogP) is 2.33. The van der Waals surface area contributed by atoms with Gasteiger partial charge in [-0.1, -0.05) is 13.8 Å². The SMILES string of the molecule is COC(=O)C[C@H]1[C@]2(C)C[C@]3(O)[C@@](OC(C)=O)([C@@H](OC(C)=O)[C@@]45OC6(C)O[C@@H](C[C@]4(O6)[C@]13C)[C@]1(C)C5=CC(=O)O[C@H]1c1ccoc1)[C@H]2OC(C)=O. The molecule has 1 aromatic rings. The standard InChI is InChI=1S/C35H40O15/c1-16(36)44-26-28(4)15-32(41)30(6,20(28)11-23(39)42-8)33-13-22-29(5)21(12-24(40)46-25(29)19-9-10-43-14-19)34(33,50-31(7,48-22)49-33)27(45-17(2)37)35(26,32)47-18(3)38/h9-10,12,14,20,22,25-27,41H,11,13,15H2,1-8H3/t20-,22-,25-,26-,27-,28-,29-,30+,31?,32+,33-,34+,35-/m0/s1. The summed E-state index contributed by atoms with van der Waals surface area (Å²) >= 11 is 0. The van der Waals surface area contributed by atoms with Gasteiger partial charge in [0.15, 0.2) is 17.8 Å². The highest BCUT2D eigenvalue weighted by Gasteiger charge is 3.02. The third-order valence-corrected chi connectivity index (χ3v) is 13.4. The van der Waals surface area contributed by atoms with Crippen molar-refractivity contribution in [2.75, 3.05) is 7.11 Å². The van der Waals surface area contributed by atoms with Gasteiger partial charge in [0.2, 0.25) is 5.60 Å². The maximum absolute atomic E-state index is 13.7. The average Bonchev–Trinajstić information content (AvgIpc) is 3.69. The van der Waals surface area contributed by atoms with E-state index in [0.717, 1.165) is 20.8 Å². The van der Waals surface area contributed by atoms with Crippen molar-refractivity contribution < 1.29 is 71.4 Å². The van der Waals surface area contributed by atoms with Crippen LogP contribution in [0, 0.1) is 22.2 Å². The van der Waals surface area contributed by atoms with Crippen LogP contribution in [0.25, 0.3) is 0 Å². The third-order valence-electron chi connectivity index (χ3n) is 13.4. The third kappa shape index (κ3) is 3.30. The summed E-state index contributed by atoms with van der Waals surface area (Å²) in [7, 11) is 1.24. The number of carbonyl (C=O) groups excluding carboxylic acids is 5. The molecular weight excluding hydrogens is 660 g/mol. The highest BCUT2D eigenvalue weighted by molar-refractivity contribution is 5.86. The summed E-state index contributed by atoms with van der Waals surface area (Å²) < 4.78 is 55.9. The summed E-state index contributed by atoms with van der Waals surface area (Å²) in [5.41, 5.74) is -11.9. The Labute approximate surface area is 286 Å². The largest absolute Gasteiger partial charge is 0.472 e. The number of ether oxygens (including phenoxy) is 8. The number of rotatable bonds is 6. The molecule has 0 amide bonds. The van der Waals surface area contributed by atoms with Crippen molar-refractivity contribution in [3.05, 3.63) is 35.8 Å². The molecule has 6 fully saturated rings. The van der Waals surface area contributed by atoms with Crippen molar-refractivity contribution in [3.63, 3.8) is 0 Å². The minimum Gasteiger partial charge on any atom is -0.472 e. The number of hydrogen-bond donors (Lipinski definition) is 1. The van der Waals surface area contributed by atoms with Gasteiger partial charge in [0.25, 0.3) is 5.97 Å². The molecule has 270 valence electrons. The number of hydrogen-bond acceptors (Lipinski definition) is 15. The molecule has 0 aromatic carbocycles. The van der Waals surface area contributed by atoms with Gasteiger partial charge in [-0.3, -0.25) is 19.2 Å². The minimum absolute atomic E-state index is 0.0267. The maximum Gasteiger partial charge on any atom is 0.331 e. The van der Waals surface area contributed by atoms with Gasteiger partial charge in [-0.15, -0.1) is 0 Å². The number of methoxy groups -OCH3 is 1. The van der Waals surface area contributed by atoms with E-state index in [9.17, 15) is 29.1 Å². The van der Waals surface area contributed by atoms with Crippen LogP contribution in [0.3, 0.4) is 0 Å². The molecule has 4 saturated carbocycles. The Balaban J connectivity index is 1.53. The van der Waals surface area contributed by atoms with Crippen molar-refractivity contribution in [2.45, 2.75) is 121 Å². The van der Waals surface area contributed by atoms with Crippen LogP contribution < -0.4 is 0 Å². The minimum atomic E-state index is -2.38. The first-order valence-electron chi connectivity index (χ1n) is 16.6. The Morgan fingerprint density at radius 3 is 2.26 bits per heavy atom. The van der Waals surface area contributed by atoms with Crippen LogP contribution >= 0.6 is 0 Å². The average molecular weight is 701 g/mol. The van der Waals surface area contributed by atoms with Gasteiger partial charge in [0.1, 0.15) is 17.3 Å². The molecule has 4 heterocycles. The molecule has 8 rings (SSSR count). The molecule has 1 aromatic heterocycles. The Morgan fingerprint density at radius 2 is 1.66 bits per heavy atom. The van der Waals surface area contributed by atoms with Crippen LogP contribution in [0.4, 0.5) is 0 Å². The zero-order chi connectivity index (χ0) is 36.2. The van der Waals surface area contributed by atoms with Crippen molar-refractivity contribution in [3.8, 4) is 0 Å². The summed E-state index contributed by atoms with van der Waals surface area (Å²) in [5.74, 6) is -6.73. The van der Waals surface area contributed by atoms with Crippen molar-refractivity contribution in [1.29, 1.82) is 0 Å². The van der Waals surface area contributed by atoms with E-state index in [0.29, 0.717) is 5.56 Å². The summed E-state index contributed by atoms with van der Waals surface area (Å²) in [4.78, 5) is 66.9. The second kappa shape index (κ2) is 9.55. The lowest BCUT2D eigenvalue weighted by Gasteiger charge is -2.75. The zero-order valence-electron chi connectivity index (χ0n) is 29.0. The predicted molar refractivity (Wildman–Crippen MR) is 161 cm³/mol. The van der Waals surface area contributed by atoms with Gasteiger partial charge in [-0.25, -0.2) is 4.79 Å².